The summed E-state index contributed by atoms with van der Waals surface area (Å²) in [4.78, 5) is 36.6. The third-order valence-corrected chi connectivity index (χ3v) is 5.10. The highest BCUT2D eigenvalue weighted by molar-refractivity contribution is 6.10. The van der Waals surface area contributed by atoms with Crippen molar-refractivity contribution in [2.24, 2.45) is 11.5 Å². The molecule has 0 saturated carbocycles. The van der Waals surface area contributed by atoms with E-state index in [4.69, 9.17) is 22.0 Å². The summed E-state index contributed by atoms with van der Waals surface area (Å²) in [5.74, 6) is -2.94. The zero-order chi connectivity index (χ0) is 26.2. The van der Waals surface area contributed by atoms with Gasteiger partial charge in [0.15, 0.2) is 11.7 Å². The van der Waals surface area contributed by atoms with Crippen LogP contribution in [0.5, 0.6) is 0 Å². The standard InChI is InChI=1S/C23H26F3N5O4/c24-23(25,26)16-7-3-14(4-8-16)13-30-17-9-5-15(6-10-17)19(32)12-20(33)31(22(28)29)11-1-2-18(27)21(34)35/h3-10,18,30H,1-2,11-13,27H2,(H3,28,29)(H,34,35). The second kappa shape index (κ2) is 12.0. The maximum absolute atomic E-state index is 12.6. The topological polar surface area (TPSA) is 163 Å². The Kier molecular flexibility index (Phi) is 9.34. The third-order valence-electron chi connectivity index (χ3n) is 5.10. The number of ketones is 1. The molecule has 12 heteroatoms. The molecule has 9 nitrogen and oxygen atoms in total. The number of halogens is 3. The molecule has 0 aliphatic heterocycles. The van der Waals surface area contributed by atoms with Crippen LogP contribution in [-0.2, 0) is 22.3 Å². The number of benzene rings is 2. The van der Waals surface area contributed by atoms with Crippen molar-refractivity contribution in [2.45, 2.75) is 38.0 Å². The van der Waals surface area contributed by atoms with Gasteiger partial charge in [0.25, 0.3) is 0 Å². The van der Waals surface area contributed by atoms with E-state index >= 15 is 0 Å². The van der Waals surface area contributed by atoms with E-state index in [9.17, 15) is 27.6 Å². The van der Waals surface area contributed by atoms with Crippen molar-refractivity contribution in [3.8, 4) is 0 Å². The van der Waals surface area contributed by atoms with Gasteiger partial charge in [-0.3, -0.25) is 24.7 Å². The van der Waals surface area contributed by atoms with Crippen LogP contribution >= 0.6 is 0 Å². The number of amides is 1. The average Bonchev–Trinajstić information content (AvgIpc) is 2.79. The normalized spacial score (nSPS) is 12.0. The first kappa shape index (κ1) is 27.3. The summed E-state index contributed by atoms with van der Waals surface area (Å²) < 4.78 is 37.9. The van der Waals surface area contributed by atoms with Crippen LogP contribution in [0.2, 0.25) is 0 Å². The average molecular weight is 493 g/mol. The van der Waals surface area contributed by atoms with Crippen molar-refractivity contribution in [3.63, 3.8) is 0 Å². The number of alkyl halides is 3. The molecular formula is C23H26F3N5O4. The number of nitrogens with two attached hydrogens (primary N) is 2. The molecule has 2 aromatic carbocycles. The van der Waals surface area contributed by atoms with Crippen LogP contribution in [0.25, 0.3) is 0 Å². The van der Waals surface area contributed by atoms with Gasteiger partial charge in [-0.25, -0.2) is 0 Å². The van der Waals surface area contributed by atoms with E-state index in [-0.39, 0.29) is 31.5 Å². The van der Waals surface area contributed by atoms with Gasteiger partial charge >= 0.3 is 12.1 Å². The molecule has 2 aromatic rings. The van der Waals surface area contributed by atoms with Gasteiger partial charge in [0, 0.05) is 24.3 Å². The number of anilines is 1. The Morgan fingerprint density at radius 3 is 2.17 bits per heavy atom. The number of hydrogen-bond acceptors (Lipinski definition) is 6. The molecule has 0 bridgehead atoms. The number of hydrogen-bond donors (Lipinski definition) is 5. The van der Waals surface area contributed by atoms with Gasteiger partial charge in [0.1, 0.15) is 6.04 Å². The zero-order valence-electron chi connectivity index (χ0n) is 18.6. The minimum Gasteiger partial charge on any atom is -0.480 e. The molecule has 188 valence electrons. The van der Waals surface area contributed by atoms with Crippen LogP contribution in [0.4, 0.5) is 18.9 Å². The van der Waals surface area contributed by atoms with Gasteiger partial charge < -0.3 is 21.9 Å². The Morgan fingerprint density at radius 2 is 1.66 bits per heavy atom. The largest absolute Gasteiger partial charge is 0.480 e. The van der Waals surface area contributed by atoms with Crippen molar-refractivity contribution in [1.82, 2.24) is 4.90 Å². The summed E-state index contributed by atoms with van der Waals surface area (Å²) in [6, 6.07) is 9.82. The van der Waals surface area contributed by atoms with Crippen LogP contribution in [0.1, 0.15) is 40.7 Å². The molecule has 0 spiro atoms. The zero-order valence-corrected chi connectivity index (χ0v) is 18.6. The monoisotopic (exact) mass is 493 g/mol. The number of carbonyl (C=O) groups excluding carboxylic acids is 2. The van der Waals surface area contributed by atoms with E-state index in [0.717, 1.165) is 17.0 Å². The van der Waals surface area contributed by atoms with E-state index in [1.807, 2.05) is 0 Å². The lowest BCUT2D eigenvalue weighted by molar-refractivity contribution is -0.139. The van der Waals surface area contributed by atoms with Gasteiger partial charge in [-0.15, -0.1) is 0 Å². The molecule has 1 amide bonds. The molecule has 2 rings (SSSR count). The molecule has 0 aromatic heterocycles. The summed E-state index contributed by atoms with van der Waals surface area (Å²) in [6.07, 6.45) is -4.68. The highest BCUT2D eigenvalue weighted by Gasteiger charge is 2.29. The Labute approximate surface area is 199 Å². The fourth-order valence-electron chi connectivity index (χ4n) is 3.10. The first-order chi connectivity index (χ1) is 16.4. The maximum Gasteiger partial charge on any atom is 0.416 e. The van der Waals surface area contributed by atoms with E-state index in [0.29, 0.717) is 11.3 Å². The highest BCUT2D eigenvalue weighted by Crippen LogP contribution is 2.29. The second-order valence-corrected chi connectivity index (χ2v) is 7.74. The van der Waals surface area contributed by atoms with Crippen molar-refractivity contribution >= 4 is 29.3 Å². The predicted molar refractivity (Wildman–Crippen MR) is 123 cm³/mol. The number of Topliss-reactive ketones (excluding diaryl/α,β-unsaturated/α-hetero) is 1. The number of aliphatic carboxylic acids is 1. The molecule has 0 radical (unpaired) electrons. The van der Waals surface area contributed by atoms with E-state index in [1.54, 1.807) is 12.1 Å². The Balaban J connectivity index is 1.90. The molecule has 35 heavy (non-hydrogen) atoms. The van der Waals surface area contributed by atoms with Crippen LogP contribution in [0, 0.1) is 5.41 Å². The number of rotatable bonds is 11. The second-order valence-electron chi connectivity index (χ2n) is 7.74. The molecule has 1 unspecified atom stereocenters. The van der Waals surface area contributed by atoms with Crippen molar-refractivity contribution in [3.05, 3.63) is 65.2 Å². The van der Waals surface area contributed by atoms with Crippen molar-refractivity contribution < 1.29 is 32.7 Å². The highest BCUT2D eigenvalue weighted by atomic mass is 19.4. The lowest BCUT2D eigenvalue weighted by Gasteiger charge is -2.20. The molecule has 0 saturated heterocycles. The number of guanidine groups is 1. The van der Waals surface area contributed by atoms with Gasteiger partial charge in [-0.2, -0.15) is 13.2 Å². The van der Waals surface area contributed by atoms with Crippen molar-refractivity contribution in [1.29, 1.82) is 5.41 Å². The minimum absolute atomic E-state index is 0.0464. The maximum atomic E-state index is 12.6. The van der Waals surface area contributed by atoms with Gasteiger partial charge in [0.05, 0.1) is 12.0 Å². The van der Waals surface area contributed by atoms with Gasteiger partial charge in [-0.05, 0) is 54.8 Å². The van der Waals surface area contributed by atoms with E-state index < -0.39 is 47.8 Å². The Hall–Kier alpha value is -3.93. The van der Waals surface area contributed by atoms with Gasteiger partial charge in [0.2, 0.25) is 5.91 Å². The first-order valence-corrected chi connectivity index (χ1v) is 10.5. The van der Waals surface area contributed by atoms with E-state index in [1.165, 1.54) is 24.3 Å². The van der Waals surface area contributed by atoms with E-state index in [2.05, 4.69) is 5.32 Å². The van der Waals surface area contributed by atoms with Crippen LogP contribution in [0.15, 0.2) is 48.5 Å². The summed E-state index contributed by atoms with van der Waals surface area (Å²) in [6.45, 7) is 0.220. The quantitative estimate of drug-likeness (QED) is 0.139. The summed E-state index contributed by atoms with van der Waals surface area (Å²) >= 11 is 0. The van der Waals surface area contributed by atoms with Crippen LogP contribution in [-0.4, -0.2) is 46.2 Å². The lowest BCUT2D eigenvalue weighted by atomic mass is 10.1. The molecule has 0 fully saturated rings. The molecule has 0 aliphatic carbocycles. The summed E-state index contributed by atoms with van der Waals surface area (Å²) in [5.41, 5.74) is 11.6. The SMILES string of the molecule is N=C(N)N(CCCC(N)C(=O)O)C(=O)CC(=O)c1ccc(NCc2ccc(C(F)(F)F)cc2)cc1. The Morgan fingerprint density at radius 1 is 1.06 bits per heavy atom. The number of nitrogens with zero attached hydrogens (tertiary/aromatic N) is 1. The number of nitrogens with one attached hydrogen (secondary N) is 2. The van der Waals surface area contributed by atoms with Crippen molar-refractivity contribution in [2.75, 3.05) is 11.9 Å². The fourth-order valence-corrected chi connectivity index (χ4v) is 3.10. The van der Waals surface area contributed by atoms with Crippen LogP contribution in [0.3, 0.4) is 0 Å². The number of carbonyl (C=O) groups is 3. The minimum atomic E-state index is -4.40. The number of carboxylic acids is 1. The molecule has 1 atom stereocenters. The third kappa shape index (κ3) is 8.41. The first-order valence-electron chi connectivity index (χ1n) is 10.5. The number of carboxylic acid groups (broad SMARTS) is 1. The Bertz CT molecular complexity index is 1060. The predicted octanol–water partition coefficient (Wildman–Crippen LogP) is 2.80. The fraction of sp³-hybridized carbons (Fsp3) is 0.304. The lowest BCUT2D eigenvalue weighted by Crippen LogP contribution is -2.43. The summed E-state index contributed by atoms with van der Waals surface area (Å²) in [7, 11) is 0. The molecule has 0 aliphatic rings. The van der Waals surface area contributed by atoms with Crippen LogP contribution < -0.4 is 16.8 Å². The smallest absolute Gasteiger partial charge is 0.416 e. The molecule has 7 N–H and O–H groups in total. The molecule has 0 heterocycles. The van der Waals surface area contributed by atoms with Gasteiger partial charge in [-0.1, -0.05) is 12.1 Å². The summed E-state index contributed by atoms with van der Waals surface area (Å²) in [5, 5.41) is 19.4. The molecular weight excluding hydrogens is 467 g/mol.